The lowest BCUT2D eigenvalue weighted by Gasteiger charge is -2.34. The highest BCUT2D eigenvalue weighted by Gasteiger charge is 2.31. The number of aryl methyl sites for hydroxylation is 1. The van der Waals surface area contributed by atoms with Crippen LogP contribution in [0.1, 0.15) is 23.1 Å². The summed E-state index contributed by atoms with van der Waals surface area (Å²) in [6, 6.07) is 6.11. The van der Waals surface area contributed by atoms with Gasteiger partial charge in [-0.15, -0.1) is 11.7 Å². The van der Waals surface area contributed by atoms with Crippen molar-refractivity contribution >= 4 is 0 Å². The number of ether oxygens (including phenoxy) is 1. The average molecular weight is 299 g/mol. The third-order valence-corrected chi connectivity index (χ3v) is 3.97. The smallest absolute Gasteiger partial charge is 0.105 e. The topological polar surface area (TPSA) is 56.1 Å². The van der Waals surface area contributed by atoms with Crippen molar-refractivity contribution in [2.24, 2.45) is 7.05 Å². The van der Waals surface area contributed by atoms with Crippen molar-refractivity contribution < 1.29 is 4.74 Å². The van der Waals surface area contributed by atoms with E-state index in [-0.39, 0.29) is 6.04 Å². The summed E-state index contributed by atoms with van der Waals surface area (Å²) in [5, 5.41) is 8.52. The fraction of sp³-hybridized carbons (Fsp3) is 0.438. The molecule has 2 aromatic heterocycles. The molecule has 6 nitrogen and oxygen atoms in total. The number of hydrogen-bond donors (Lipinski definition) is 0. The Morgan fingerprint density at radius 1 is 1.45 bits per heavy atom. The van der Waals surface area contributed by atoms with Gasteiger partial charge in [-0.05, 0) is 12.1 Å². The molecule has 116 valence electrons. The van der Waals surface area contributed by atoms with Crippen LogP contribution in [0.25, 0.3) is 0 Å². The minimum Gasteiger partial charge on any atom is -0.375 e. The van der Waals surface area contributed by atoms with Crippen LogP contribution in [0, 0.1) is 0 Å². The molecule has 0 aliphatic carbocycles. The van der Waals surface area contributed by atoms with Gasteiger partial charge in [0.05, 0.1) is 30.6 Å². The molecule has 1 atom stereocenters. The monoisotopic (exact) mass is 299 g/mol. The lowest BCUT2D eigenvalue weighted by atomic mass is 10.0. The van der Waals surface area contributed by atoms with Gasteiger partial charge in [-0.3, -0.25) is 14.6 Å². The summed E-state index contributed by atoms with van der Waals surface area (Å²) in [6.07, 6.45) is 4.55. The second kappa shape index (κ2) is 6.81. The Bertz CT molecular complexity index is 625. The number of fused-ring (bicyclic) bond motifs is 1. The normalized spacial score (nSPS) is 18.1. The van der Waals surface area contributed by atoms with Gasteiger partial charge in [0.1, 0.15) is 5.69 Å². The standard InChI is InChI=1S/C16H21N5O/c1-3-10-22-12-15-16-14(20(2)19-18-16)7-9-21(15)11-13-6-4-5-8-17-13/h3-6,8,15H,1,7,9-12H2,2H3/t15-/m0/s1. The maximum absolute atomic E-state index is 5.70. The van der Waals surface area contributed by atoms with E-state index in [1.54, 1.807) is 6.08 Å². The molecule has 6 heteroatoms. The van der Waals surface area contributed by atoms with Crippen molar-refractivity contribution in [2.75, 3.05) is 19.8 Å². The van der Waals surface area contributed by atoms with Gasteiger partial charge in [0, 0.05) is 32.8 Å². The van der Waals surface area contributed by atoms with Gasteiger partial charge in [-0.25, -0.2) is 0 Å². The summed E-state index contributed by atoms with van der Waals surface area (Å²) in [6.45, 7) is 6.57. The zero-order chi connectivity index (χ0) is 15.4. The van der Waals surface area contributed by atoms with Crippen LogP contribution < -0.4 is 0 Å². The first-order chi connectivity index (χ1) is 10.8. The van der Waals surface area contributed by atoms with Crippen molar-refractivity contribution in [3.8, 4) is 0 Å². The third kappa shape index (κ3) is 3.08. The SMILES string of the molecule is C=CCOC[C@H]1c2nnn(C)c2CCN1Cc1ccccn1. The van der Waals surface area contributed by atoms with E-state index in [4.69, 9.17) is 4.74 Å². The third-order valence-electron chi connectivity index (χ3n) is 3.97. The summed E-state index contributed by atoms with van der Waals surface area (Å²) in [5.74, 6) is 0. The number of hydrogen-bond acceptors (Lipinski definition) is 5. The van der Waals surface area contributed by atoms with Gasteiger partial charge in [0.2, 0.25) is 0 Å². The maximum Gasteiger partial charge on any atom is 0.105 e. The van der Waals surface area contributed by atoms with E-state index >= 15 is 0 Å². The van der Waals surface area contributed by atoms with Crippen molar-refractivity contribution in [3.05, 3.63) is 54.1 Å². The Kier molecular flexibility index (Phi) is 4.60. The molecule has 0 saturated carbocycles. The maximum atomic E-state index is 5.70. The van der Waals surface area contributed by atoms with Crippen LogP contribution in [0.5, 0.6) is 0 Å². The summed E-state index contributed by atoms with van der Waals surface area (Å²) in [7, 11) is 1.95. The second-order valence-corrected chi connectivity index (χ2v) is 5.43. The van der Waals surface area contributed by atoms with Crippen LogP contribution in [-0.4, -0.2) is 44.6 Å². The zero-order valence-electron chi connectivity index (χ0n) is 12.9. The fourth-order valence-corrected chi connectivity index (χ4v) is 2.86. The molecule has 0 amide bonds. The Balaban J connectivity index is 1.80. The Hall–Kier alpha value is -2.05. The van der Waals surface area contributed by atoms with Gasteiger partial charge in [0.25, 0.3) is 0 Å². The van der Waals surface area contributed by atoms with Gasteiger partial charge >= 0.3 is 0 Å². The molecule has 0 fully saturated rings. The quantitative estimate of drug-likeness (QED) is 0.598. The lowest BCUT2D eigenvalue weighted by molar-refractivity contribution is 0.0593. The molecule has 0 N–H and O–H groups in total. The molecule has 1 aliphatic heterocycles. The molecular formula is C16H21N5O. The van der Waals surface area contributed by atoms with Crippen LogP contribution in [-0.2, 0) is 24.8 Å². The lowest BCUT2D eigenvalue weighted by Crippen LogP contribution is -2.38. The molecule has 0 spiro atoms. The first kappa shape index (κ1) is 14.9. The second-order valence-electron chi connectivity index (χ2n) is 5.43. The number of pyridine rings is 1. The predicted molar refractivity (Wildman–Crippen MR) is 83.1 cm³/mol. The van der Waals surface area contributed by atoms with Crippen molar-refractivity contribution in [2.45, 2.75) is 19.0 Å². The summed E-state index contributed by atoms with van der Waals surface area (Å²) >= 11 is 0. The molecule has 0 unspecified atom stereocenters. The fourth-order valence-electron chi connectivity index (χ4n) is 2.86. The van der Waals surface area contributed by atoms with Gasteiger partial charge in [-0.1, -0.05) is 17.4 Å². The highest BCUT2D eigenvalue weighted by molar-refractivity contribution is 5.19. The Morgan fingerprint density at radius 3 is 3.14 bits per heavy atom. The summed E-state index contributed by atoms with van der Waals surface area (Å²) in [5.41, 5.74) is 3.28. The predicted octanol–water partition coefficient (Wildman–Crippen LogP) is 1.51. The minimum atomic E-state index is 0.111. The van der Waals surface area contributed by atoms with Crippen molar-refractivity contribution in [1.29, 1.82) is 0 Å². The van der Waals surface area contributed by atoms with E-state index < -0.39 is 0 Å². The molecule has 1 aliphatic rings. The van der Waals surface area contributed by atoms with Crippen LogP contribution >= 0.6 is 0 Å². The van der Waals surface area contributed by atoms with Gasteiger partial charge in [0.15, 0.2) is 0 Å². The molecular weight excluding hydrogens is 278 g/mol. The van der Waals surface area contributed by atoms with Gasteiger partial charge < -0.3 is 4.74 Å². The van der Waals surface area contributed by atoms with Gasteiger partial charge in [-0.2, -0.15) is 0 Å². The summed E-state index contributed by atoms with van der Waals surface area (Å²) < 4.78 is 7.57. The molecule has 22 heavy (non-hydrogen) atoms. The first-order valence-electron chi connectivity index (χ1n) is 7.50. The van der Waals surface area contributed by atoms with E-state index in [9.17, 15) is 0 Å². The molecule has 3 rings (SSSR count). The number of rotatable bonds is 6. The van der Waals surface area contributed by atoms with Crippen LogP contribution in [0.3, 0.4) is 0 Å². The first-order valence-corrected chi connectivity index (χ1v) is 7.50. The van der Waals surface area contributed by atoms with Crippen LogP contribution in [0.2, 0.25) is 0 Å². The van der Waals surface area contributed by atoms with Crippen molar-refractivity contribution in [3.63, 3.8) is 0 Å². The van der Waals surface area contributed by atoms with E-state index in [1.165, 1.54) is 5.69 Å². The van der Waals surface area contributed by atoms with Crippen LogP contribution in [0.4, 0.5) is 0 Å². The van der Waals surface area contributed by atoms with E-state index in [2.05, 4.69) is 26.8 Å². The van der Waals surface area contributed by atoms with Crippen molar-refractivity contribution in [1.82, 2.24) is 24.9 Å². The van der Waals surface area contributed by atoms with E-state index in [1.807, 2.05) is 36.1 Å². The molecule has 2 aromatic rings. The van der Waals surface area contributed by atoms with E-state index in [0.717, 1.165) is 30.9 Å². The highest BCUT2D eigenvalue weighted by Crippen LogP contribution is 2.29. The molecule has 3 heterocycles. The molecule has 0 radical (unpaired) electrons. The Morgan fingerprint density at radius 2 is 2.36 bits per heavy atom. The highest BCUT2D eigenvalue weighted by atomic mass is 16.5. The van der Waals surface area contributed by atoms with Crippen LogP contribution in [0.15, 0.2) is 37.1 Å². The zero-order valence-corrected chi connectivity index (χ0v) is 12.9. The van der Waals surface area contributed by atoms with E-state index in [0.29, 0.717) is 13.2 Å². The number of aromatic nitrogens is 4. The molecule has 0 aromatic carbocycles. The molecule has 0 saturated heterocycles. The summed E-state index contributed by atoms with van der Waals surface area (Å²) in [4.78, 5) is 6.79. The Labute approximate surface area is 130 Å². The number of nitrogens with zero attached hydrogens (tertiary/aromatic N) is 5. The minimum absolute atomic E-state index is 0.111. The molecule has 0 bridgehead atoms. The largest absolute Gasteiger partial charge is 0.375 e. The average Bonchev–Trinajstić information content (AvgIpc) is 2.92.